The molecule has 1 amide bonds. The van der Waals surface area contributed by atoms with Gasteiger partial charge in [-0.25, -0.2) is 0 Å². The number of furan rings is 1. The Balaban J connectivity index is 2.34. The van der Waals surface area contributed by atoms with E-state index in [2.05, 4.69) is 5.32 Å². The van der Waals surface area contributed by atoms with E-state index in [1.54, 1.807) is 37.3 Å². The molecule has 108 valence electrons. The molecule has 0 aromatic carbocycles. The average Bonchev–Trinajstić information content (AvgIpc) is 2.88. The monoisotopic (exact) mass is 270 g/mol. The quantitative estimate of drug-likeness (QED) is 0.707. The minimum atomic E-state index is -0.602. The van der Waals surface area contributed by atoms with Crippen LogP contribution in [0, 0.1) is 0 Å². The van der Waals surface area contributed by atoms with Gasteiger partial charge in [-0.1, -0.05) is 0 Å². The molecule has 1 rings (SSSR count). The van der Waals surface area contributed by atoms with Gasteiger partial charge in [-0.05, 0) is 26.1 Å². The number of ether oxygens (including phenoxy) is 1. The lowest BCUT2D eigenvalue weighted by Crippen LogP contribution is -2.46. The number of nitrogens with one attached hydrogen (secondary N) is 1. The zero-order valence-electron chi connectivity index (χ0n) is 11.6. The molecule has 0 aliphatic carbocycles. The van der Waals surface area contributed by atoms with Crippen molar-refractivity contribution in [1.82, 2.24) is 10.2 Å². The molecule has 0 saturated carbocycles. The summed E-state index contributed by atoms with van der Waals surface area (Å²) in [5.41, 5.74) is 0. The molecule has 0 spiro atoms. The number of likely N-dealkylation sites (N-methyl/N-ethyl adjacent to an activating group) is 1. The molecule has 2 unspecified atom stereocenters. The van der Waals surface area contributed by atoms with Gasteiger partial charge in [-0.2, -0.15) is 0 Å². The summed E-state index contributed by atoms with van der Waals surface area (Å²) < 4.78 is 9.99. The van der Waals surface area contributed by atoms with Gasteiger partial charge in [0, 0.05) is 13.7 Å². The van der Waals surface area contributed by atoms with Gasteiger partial charge in [0.25, 0.3) is 0 Å². The minimum absolute atomic E-state index is 0.108. The van der Waals surface area contributed by atoms with E-state index in [1.807, 2.05) is 0 Å². The highest BCUT2D eigenvalue weighted by Crippen LogP contribution is 2.01. The standard InChI is InChI=1S/C13H22N2O4/c1-10(15(2)8-11(16)9-18-3)13(17)14-7-12-5-4-6-19-12/h4-6,10-11,16H,7-9H2,1-3H3,(H,14,17). The number of nitrogens with zero attached hydrogens (tertiary/aromatic N) is 1. The van der Waals surface area contributed by atoms with Crippen LogP contribution in [-0.2, 0) is 16.1 Å². The maximum Gasteiger partial charge on any atom is 0.237 e. The zero-order valence-corrected chi connectivity index (χ0v) is 11.6. The molecule has 0 fully saturated rings. The number of rotatable bonds is 8. The first-order chi connectivity index (χ1) is 9.04. The fraction of sp³-hybridized carbons (Fsp3) is 0.615. The Hall–Kier alpha value is -1.37. The molecule has 0 radical (unpaired) electrons. The molecule has 19 heavy (non-hydrogen) atoms. The lowest BCUT2D eigenvalue weighted by Gasteiger charge is -2.25. The van der Waals surface area contributed by atoms with Crippen LogP contribution in [0.15, 0.2) is 22.8 Å². The molecule has 1 aromatic rings. The molecular formula is C13H22N2O4. The summed E-state index contributed by atoms with van der Waals surface area (Å²) in [5.74, 6) is 0.603. The van der Waals surface area contributed by atoms with Gasteiger partial charge in [0.1, 0.15) is 5.76 Å². The number of hydrogen-bond donors (Lipinski definition) is 2. The predicted octanol–water partition coefficient (Wildman–Crippen LogP) is 0.223. The van der Waals surface area contributed by atoms with Gasteiger partial charge in [0.2, 0.25) is 5.91 Å². The summed E-state index contributed by atoms with van der Waals surface area (Å²) in [5, 5.41) is 12.4. The van der Waals surface area contributed by atoms with Crippen molar-refractivity contribution in [3.63, 3.8) is 0 Å². The van der Waals surface area contributed by atoms with E-state index in [1.165, 1.54) is 7.11 Å². The second-order valence-electron chi connectivity index (χ2n) is 4.52. The molecule has 1 aromatic heterocycles. The number of methoxy groups -OCH3 is 1. The van der Waals surface area contributed by atoms with Crippen molar-refractivity contribution in [3.05, 3.63) is 24.2 Å². The second-order valence-corrected chi connectivity index (χ2v) is 4.52. The van der Waals surface area contributed by atoms with E-state index < -0.39 is 6.10 Å². The van der Waals surface area contributed by atoms with E-state index in [9.17, 15) is 9.90 Å². The first-order valence-corrected chi connectivity index (χ1v) is 6.22. The number of aliphatic hydroxyl groups excluding tert-OH is 1. The Labute approximate surface area is 113 Å². The van der Waals surface area contributed by atoms with Crippen LogP contribution in [0.4, 0.5) is 0 Å². The summed E-state index contributed by atoms with van der Waals surface area (Å²) in [6.07, 6.45) is 0.966. The van der Waals surface area contributed by atoms with Crippen LogP contribution < -0.4 is 5.32 Å². The SMILES string of the molecule is COCC(O)CN(C)C(C)C(=O)NCc1ccco1. The highest BCUT2D eigenvalue weighted by Gasteiger charge is 2.20. The van der Waals surface area contributed by atoms with Gasteiger partial charge in [-0.15, -0.1) is 0 Å². The number of carbonyl (C=O) groups excluding carboxylic acids is 1. The molecule has 2 atom stereocenters. The van der Waals surface area contributed by atoms with Gasteiger partial charge in [0.05, 0.1) is 31.6 Å². The van der Waals surface area contributed by atoms with Crippen molar-refractivity contribution in [2.45, 2.75) is 25.6 Å². The first kappa shape index (κ1) is 15.7. The Bertz CT molecular complexity index is 367. The van der Waals surface area contributed by atoms with Crippen LogP contribution in [-0.4, -0.2) is 55.4 Å². The van der Waals surface area contributed by atoms with Crippen LogP contribution in [0.3, 0.4) is 0 Å². The van der Waals surface area contributed by atoms with Gasteiger partial charge in [0.15, 0.2) is 0 Å². The van der Waals surface area contributed by atoms with Crippen LogP contribution >= 0.6 is 0 Å². The Morgan fingerprint density at radius 1 is 1.63 bits per heavy atom. The van der Waals surface area contributed by atoms with Crippen LogP contribution in [0.25, 0.3) is 0 Å². The third-order valence-corrected chi connectivity index (χ3v) is 2.92. The summed E-state index contributed by atoms with van der Waals surface area (Å²) in [4.78, 5) is 13.7. The normalized spacial score (nSPS) is 14.4. The van der Waals surface area contributed by atoms with Crippen molar-refractivity contribution >= 4 is 5.91 Å². The molecule has 0 aliphatic rings. The third-order valence-electron chi connectivity index (χ3n) is 2.92. The minimum Gasteiger partial charge on any atom is -0.467 e. The van der Waals surface area contributed by atoms with E-state index in [0.29, 0.717) is 18.8 Å². The Morgan fingerprint density at radius 2 is 2.37 bits per heavy atom. The predicted molar refractivity (Wildman–Crippen MR) is 70.5 cm³/mol. The lowest BCUT2D eigenvalue weighted by atomic mass is 10.2. The Kier molecular flexibility index (Phi) is 6.55. The molecule has 2 N–H and O–H groups in total. The molecule has 6 nitrogen and oxygen atoms in total. The third kappa shape index (κ3) is 5.42. The molecule has 0 aliphatic heterocycles. The summed E-state index contributed by atoms with van der Waals surface area (Å²) in [6, 6.07) is 3.25. The first-order valence-electron chi connectivity index (χ1n) is 6.22. The van der Waals surface area contributed by atoms with Crippen molar-refractivity contribution in [1.29, 1.82) is 0 Å². The number of hydrogen-bond acceptors (Lipinski definition) is 5. The van der Waals surface area contributed by atoms with E-state index in [-0.39, 0.29) is 18.6 Å². The molecule has 6 heteroatoms. The van der Waals surface area contributed by atoms with Crippen LogP contribution in [0.5, 0.6) is 0 Å². The highest BCUT2D eigenvalue weighted by atomic mass is 16.5. The lowest BCUT2D eigenvalue weighted by molar-refractivity contribution is -0.126. The number of aliphatic hydroxyl groups is 1. The van der Waals surface area contributed by atoms with Crippen LogP contribution in [0.2, 0.25) is 0 Å². The zero-order chi connectivity index (χ0) is 14.3. The smallest absolute Gasteiger partial charge is 0.237 e. The topological polar surface area (TPSA) is 74.9 Å². The molecule has 0 saturated heterocycles. The van der Waals surface area contributed by atoms with E-state index >= 15 is 0 Å². The van der Waals surface area contributed by atoms with Crippen molar-refractivity contribution < 1.29 is 19.1 Å². The average molecular weight is 270 g/mol. The Morgan fingerprint density at radius 3 is 2.95 bits per heavy atom. The van der Waals surface area contributed by atoms with E-state index in [0.717, 1.165) is 0 Å². The van der Waals surface area contributed by atoms with Gasteiger partial charge < -0.3 is 19.6 Å². The second kappa shape index (κ2) is 7.93. The van der Waals surface area contributed by atoms with Crippen LogP contribution in [0.1, 0.15) is 12.7 Å². The number of amides is 1. The fourth-order valence-electron chi connectivity index (χ4n) is 1.67. The molecule has 1 heterocycles. The van der Waals surface area contributed by atoms with Crippen molar-refractivity contribution in [2.75, 3.05) is 27.3 Å². The maximum atomic E-state index is 11.9. The van der Waals surface area contributed by atoms with Crippen molar-refractivity contribution in [3.8, 4) is 0 Å². The number of carbonyl (C=O) groups is 1. The van der Waals surface area contributed by atoms with Gasteiger partial charge in [-0.3, -0.25) is 9.69 Å². The fourth-order valence-corrected chi connectivity index (χ4v) is 1.67. The largest absolute Gasteiger partial charge is 0.467 e. The summed E-state index contributed by atoms with van der Waals surface area (Å²) >= 11 is 0. The van der Waals surface area contributed by atoms with Crippen molar-refractivity contribution in [2.24, 2.45) is 0 Å². The summed E-state index contributed by atoms with van der Waals surface area (Å²) in [7, 11) is 3.32. The molecular weight excluding hydrogens is 248 g/mol. The van der Waals surface area contributed by atoms with E-state index in [4.69, 9.17) is 9.15 Å². The maximum absolute atomic E-state index is 11.9. The molecule has 0 bridgehead atoms. The van der Waals surface area contributed by atoms with Gasteiger partial charge >= 0.3 is 0 Å². The highest BCUT2D eigenvalue weighted by molar-refractivity contribution is 5.81. The summed E-state index contributed by atoms with van der Waals surface area (Å²) in [6.45, 7) is 2.79.